The second kappa shape index (κ2) is 6.27. The van der Waals surface area contributed by atoms with Gasteiger partial charge < -0.3 is 5.32 Å². The minimum Gasteiger partial charge on any atom is -0.355 e. The zero-order valence-corrected chi connectivity index (χ0v) is 12.9. The van der Waals surface area contributed by atoms with E-state index in [1.165, 1.54) is 11.8 Å². The van der Waals surface area contributed by atoms with Crippen molar-refractivity contribution in [1.29, 1.82) is 5.26 Å². The smallest absolute Gasteiger partial charge is 0.233 e. The molecule has 0 aromatic carbocycles. The van der Waals surface area contributed by atoms with Crippen molar-refractivity contribution in [3.8, 4) is 6.07 Å². The van der Waals surface area contributed by atoms with Gasteiger partial charge in [0.1, 0.15) is 11.1 Å². The first-order valence-electron chi connectivity index (χ1n) is 6.87. The van der Waals surface area contributed by atoms with Crippen LogP contribution >= 0.6 is 11.8 Å². The van der Waals surface area contributed by atoms with Crippen LogP contribution in [0, 0.1) is 32.1 Å². The minimum absolute atomic E-state index is 0.0640. The van der Waals surface area contributed by atoms with Gasteiger partial charge in [-0.3, -0.25) is 4.79 Å². The fraction of sp³-hybridized carbons (Fsp3) is 0.533. The Labute approximate surface area is 124 Å². The zero-order chi connectivity index (χ0) is 14.7. The number of hydrogen-bond acceptors (Lipinski definition) is 4. The molecule has 1 aliphatic heterocycles. The van der Waals surface area contributed by atoms with Gasteiger partial charge in [-0.25, -0.2) is 4.98 Å². The topological polar surface area (TPSA) is 65.8 Å². The maximum Gasteiger partial charge on any atom is 0.233 e. The quantitative estimate of drug-likeness (QED) is 0.909. The van der Waals surface area contributed by atoms with Crippen molar-refractivity contribution in [3.05, 3.63) is 22.4 Å². The molecule has 1 N–H and O–H groups in total. The summed E-state index contributed by atoms with van der Waals surface area (Å²) in [7, 11) is 0. The number of nitrogens with zero attached hydrogens (tertiary/aromatic N) is 2. The van der Waals surface area contributed by atoms with Crippen LogP contribution in [0.1, 0.15) is 41.6 Å². The van der Waals surface area contributed by atoms with E-state index >= 15 is 0 Å². The van der Waals surface area contributed by atoms with Crippen molar-refractivity contribution >= 4 is 17.7 Å². The van der Waals surface area contributed by atoms with Gasteiger partial charge in [0.2, 0.25) is 5.91 Å². The molecule has 0 saturated carbocycles. The van der Waals surface area contributed by atoms with E-state index < -0.39 is 0 Å². The molecule has 0 radical (unpaired) electrons. The van der Waals surface area contributed by atoms with E-state index in [9.17, 15) is 10.1 Å². The molecule has 1 saturated heterocycles. The van der Waals surface area contributed by atoms with Crippen molar-refractivity contribution in [2.75, 3.05) is 6.54 Å². The number of rotatable bonds is 2. The first-order valence-corrected chi connectivity index (χ1v) is 7.74. The van der Waals surface area contributed by atoms with E-state index in [4.69, 9.17) is 0 Å². The molecule has 0 spiro atoms. The van der Waals surface area contributed by atoms with Crippen LogP contribution in [0.4, 0.5) is 0 Å². The number of carbonyl (C=O) groups excluding carboxylic acids is 1. The largest absolute Gasteiger partial charge is 0.355 e. The Hall–Kier alpha value is -1.54. The molecule has 2 heterocycles. The van der Waals surface area contributed by atoms with E-state index in [0.717, 1.165) is 42.6 Å². The second-order valence-electron chi connectivity index (χ2n) is 5.13. The summed E-state index contributed by atoms with van der Waals surface area (Å²) in [5.41, 5.74) is 3.56. The van der Waals surface area contributed by atoms with Crippen LogP contribution in [0.15, 0.2) is 5.03 Å². The number of aromatic nitrogens is 1. The maximum atomic E-state index is 12.0. The molecule has 1 atom stereocenters. The third kappa shape index (κ3) is 2.96. The van der Waals surface area contributed by atoms with Crippen molar-refractivity contribution in [3.63, 3.8) is 0 Å². The summed E-state index contributed by atoms with van der Waals surface area (Å²) in [5, 5.41) is 12.8. The van der Waals surface area contributed by atoms with Gasteiger partial charge in [-0.15, -0.1) is 0 Å². The minimum atomic E-state index is -0.140. The molecule has 1 fully saturated rings. The number of aryl methyl sites for hydroxylation is 1. The third-order valence-electron chi connectivity index (χ3n) is 3.81. The van der Waals surface area contributed by atoms with Crippen LogP contribution in [-0.2, 0) is 4.79 Å². The lowest BCUT2D eigenvalue weighted by Crippen LogP contribution is -2.30. The molecule has 0 bridgehead atoms. The van der Waals surface area contributed by atoms with Crippen LogP contribution < -0.4 is 5.32 Å². The molecule has 2 rings (SSSR count). The highest BCUT2D eigenvalue weighted by Gasteiger charge is 2.24. The van der Waals surface area contributed by atoms with Crippen molar-refractivity contribution in [2.45, 2.75) is 50.3 Å². The lowest BCUT2D eigenvalue weighted by atomic mass is 10.1. The molecule has 5 heteroatoms. The molecule has 0 aliphatic carbocycles. The van der Waals surface area contributed by atoms with Gasteiger partial charge in [-0.05, 0) is 44.7 Å². The van der Waals surface area contributed by atoms with Gasteiger partial charge in [-0.1, -0.05) is 18.2 Å². The van der Waals surface area contributed by atoms with Crippen molar-refractivity contribution < 1.29 is 4.79 Å². The lowest BCUT2D eigenvalue weighted by Gasteiger charge is -2.15. The first-order chi connectivity index (χ1) is 9.54. The number of amides is 1. The summed E-state index contributed by atoms with van der Waals surface area (Å²) in [6.45, 7) is 6.62. The molecular formula is C15H19N3OS. The summed E-state index contributed by atoms with van der Waals surface area (Å²) in [5.74, 6) is 0.0640. The molecule has 4 nitrogen and oxygen atoms in total. The summed E-state index contributed by atoms with van der Waals surface area (Å²) in [6.07, 6.45) is 2.89. The number of pyridine rings is 1. The van der Waals surface area contributed by atoms with Gasteiger partial charge in [0.05, 0.1) is 10.8 Å². The molecular weight excluding hydrogens is 270 g/mol. The van der Waals surface area contributed by atoms with Crippen molar-refractivity contribution in [2.24, 2.45) is 0 Å². The highest BCUT2D eigenvalue weighted by molar-refractivity contribution is 8.00. The predicted octanol–water partition coefficient (Wildman–Crippen LogP) is 2.64. The Morgan fingerprint density at radius 2 is 2.05 bits per heavy atom. The lowest BCUT2D eigenvalue weighted by molar-refractivity contribution is -0.120. The summed E-state index contributed by atoms with van der Waals surface area (Å²) in [6, 6.07) is 2.24. The van der Waals surface area contributed by atoms with Crippen LogP contribution in [0.3, 0.4) is 0 Å². The SMILES string of the molecule is Cc1nc(S[C@H]2CCCCNC2=O)c(C#N)c(C)c1C. The van der Waals surface area contributed by atoms with Crippen LogP contribution in [0.5, 0.6) is 0 Å². The van der Waals surface area contributed by atoms with E-state index in [0.29, 0.717) is 10.6 Å². The van der Waals surface area contributed by atoms with Gasteiger partial charge in [0.15, 0.2) is 0 Å². The van der Waals surface area contributed by atoms with Crippen LogP contribution in [0.25, 0.3) is 0 Å². The van der Waals surface area contributed by atoms with Gasteiger partial charge in [-0.2, -0.15) is 5.26 Å². The molecule has 1 aromatic rings. The Bertz CT molecular complexity index is 577. The average Bonchev–Trinajstić information content (AvgIpc) is 2.62. The molecule has 1 aromatic heterocycles. The zero-order valence-electron chi connectivity index (χ0n) is 12.1. The van der Waals surface area contributed by atoms with E-state index in [1.807, 2.05) is 20.8 Å². The van der Waals surface area contributed by atoms with E-state index in [1.54, 1.807) is 0 Å². The number of nitrogens with one attached hydrogen (secondary N) is 1. The molecule has 0 unspecified atom stereocenters. The number of carbonyl (C=O) groups is 1. The fourth-order valence-corrected chi connectivity index (χ4v) is 3.54. The van der Waals surface area contributed by atoms with Crippen LogP contribution in [0.2, 0.25) is 0 Å². The number of hydrogen-bond donors (Lipinski definition) is 1. The average molecular weight is 289 g/mol. The monoisotopic (exact) mass is 289 g/mol. The Balaban J connectivity index is 2.33. The standard InChI is InChI=1S/C15H19N3OS/c1-9-10(2)12(8-16)15(18-11(9)3)20-13-6-4-5-7-17-14(13)19/h13H,4-7H2,1-3H3,(H,17,19)/t13-/m0/s1. The highest BCUT2D eigenvalue weighted by atomic mass is 32.2. The van der Waals surface area contributed by atoms with Gasteiger partial charge >= 0.3 is 0 Å². The van der Waals surface area contributed by atoms with E-state index in [-0.39, 0.29) is 11.2 Å². The van der Waals surface area contributed by atoms with Gasteiger partial charge in [0, 0.05) is 12.2 Å². The number of nitriles is 1. The molecule has 1 aliphatic rings. The van der Waals surface area contributed by atoms with Crippen LogP contribution in [-0.4, -0.2) is 22.7 Å². The highest BCUT2D eigenvalue weighted by Crippen LogP contribution is 2.32. The maximum absolute atomic E-state index is 12.0. The van der Waals surface area contributed by atoms with Gasteiger partial charge in [0.25, 0.3) is 0 Å². The Kier molecular flexibility index (Phi) is 4.66. The van der Waals surface area contributed by atoms with E-state index in [2.05, 4.69) is 16.4 Å². The molecule has 106 valence electrons. The Morgan fingerprint density at radius 1 is 1.30 bits per heavy atom. The Morgan fingerprint density at radius 3 is 2.75 bits per heavy atom. The summed E-state index contributed by atoms with van der Waals surface area (Å²) in [4.78, 5) is 16.5. The normalized spacial score (nSPS) is 19.1. The third-order valence-corrected chi connectivity index (χ3v) is 5.07. The molecule has 20 heavy (non-hydrogen) atoms. The predicted molar refractivity (Wildman–Crippen MR) is 79.7 cm³/mol. The summed E-state index contributed by atoms with van der Waals surface area (Å²) < 4.78 is 0. The summed E-state index contributed by atoms with van der Waals surface area (Å²) >= 11 is 1.43. The second-order valence-corrected chi connectivity index (χ2v) is 6.32. The first kappa shape index (κ1) is 14.9. The number of thioether (sulfide) groups is 1. The van der Waals surface area contributed by atoms with Crippen molar-refractivity contribution in [1.82, 2.24) is 10.3 Å². The fourth-order valence-electron chi connectivity index (χ4n) is 2.29. The molecule has 1 amide bonds.